The van der Waals surface area contributed by atoms with Crippen LogP contribution in [0.3, 0.4) is 0 Å². The standard InChI is InChI=1S/C11H17BrN2O2S2/c1-3-13-6-7-14(8-9(13)2)18(15,16)11-5-4-10(12)17-11/h4-5,9H,3,6-8H2,1-2H3. The van der Waals surface area contributed by atoms with E-state index in [0.717, 1.165) is 16.9 Å². The Morgan fingerprint density at radius 1 is 1.44 bits per heavy atom. The van der Waals surface area contributed by atoms with Crippen LogP contribution in [0.25, 0.3) is 0 Å². The van der Waals surface area contributed by atoms with Crippen molar-refractivity contribution >= 4 is 37.3 Å². The summed E-state index contributed by atoms with van der Waals surface area (Å²) in [6.07, 6.45) is 0. The summed E-state index contributed by atoms with van der Waals surface area (Å²) in [6, 6.07) is 3.73. The summed E-state index contributed by atoms with van der Waals surface area (Å²) in [4.78, 5) is 2.30. The molecular formula is C11H17BrN2O2S2. The van der Waals surface area contributed by atoms with E-state index in [1.54, 1.807) is 16.4 Å². The van der Waals surface area contributed by atoms with E-state index in [9.17, 15) is 8.42 Å². The molecule has 102 valence electrons. The van der Waals surface area contributed by atoms with Crippen molar-refractivity contribution in [3.05, 3.63) is 15.9 Å². The maximum atomic E-state index is 12.4. The van der Waals surface area contributed by atoms with Gasteiger partial charge >= 0.3 is 0 Å². The van der Waals surface area contributed by atoms with Crippen molar-refractivity contribution in [2.45, 2.75) is 24.1 Å². The third-order valence-electron chi connectivity index (χ3n) is 3.28. The van der Waals surface area contributed by atoms with Gasteiger partial charge in [0, 0.05) is 25.7 Å². The molecule has 1 aliphatic rings. The van der Waals surface area contributed by atoms with Crippen LogP contribution >= 0.6 is 27.3 Å². The summed E-state index contributed by atoms with van der Waals surface area (Å²) in [6.45, 7) is 7.12. The van der Waals surface area contributed by atoms with Crippen molar-refractivity contribution in [1.29, 1.82) is 0 Å². The highest BCUT2D eigenvalue weighted by Crippen LogP contribution is 2.29. The Hall–Kier alpha value is 0.0500. The molecule has 1 aromatic rings. The molecule has 2 rings (SSSR count). The van der Waals surface area contributed by atoms with Gasteiger partial charge in [0.25, 0.3) is 10.0 Å². The van der Waals surface area contributed by atoms with Crippen LogP contribution < -0.4 is 0 Å². The molecule has 0 radical (unpaired) electrons. The van der Waals surface area contributed by atoms with Gasteiger partial charge in [0.15, 0.2) is 0 Å². The molecule has 1 unspecified atom stereocenters. The molecule has 0 spiro atoms. The van der Waals surface area contributed by atoms with E-state index in [-0.39, 0.29) is 6.04 Å². The molecule has 1 fully saturated rings. The van der Waals surface area contributed by atoms with Crippen LogP contribution in [0.15, 0.2) is 20.1 Å². The van der Waals surface area contributed by atoms with Gasteiger partial charge < -0.3 is 0 Å². The van der Waals surface area contributed by atoms with Crippen molar-refractivity contribution in [1.82, 2.24) is 9.21 Å². The molecule has 18 heavy (non-hydrogen) atoms. The molecule has 0 aliphatic carbocycles. The number of hydrogen-bond donors (Lipinski definition) is 0. The lowest BCUT2D eigenvalue weighted by atomic mass is 10.2. The second-order valence-electron chi connectivity index (χ2n) is 4.40. The first-order chi connectivity index (χ1) is 8.45. The van der Waals surface area contributed by atoms with Gasteiger partial charge in [-0.3, -0.25) is 4.90 Å². The highest BCUT2D eigenvalue weighted by atomic mass is 79.9. The third-order valence-corrected chi connectivity index (χ3v) is 7.23. The molecule has 0 bridgehead atoms. The highest BCUT2D eigenvalue weighted by molar-refractivity contribution is 9.11. The van der Waals surface area contributed by atoms with Crippen LogP contribution in [0.2, 0.25) is 0 Å². The molecule has 2 heterocycles. The van der Waals surface area contributed by atoms with Gasteiger partial charge in [0.05, 0.1) is 3.79 Å². The zero-order valence-corrected chi connectivity index (χ0v) is 13.7. The molecule has 0 N–H and O–H groups in total. The van der Waals surface area contributed by atoms with Gasteiger partial charge in [0.1, 0.15) is 4.21 Å². The lowest BCUT2D eigenvalue weighted by molar-refractivity contribution is 0.136. The summed E-state index contributed by atoms with van der Waals surface area (Å²) in [5.41, 5.74) is 0. The van der Waals surface area contributed by atoms with Crippen LogP contribution in [0.4, 0.5) is 0 Å². The normalized spacial score (nSPS) is 23.4. The van der Waals surface area contributed by atoms with Crippen LogP contribution in [0.5, 0.6) is 0 Å². The number of hydrogen-bond acceptors (Lipinski definition) is 4. The second-order valence-corrected chi connectivity index (χ2v) is 9.03. The van der Waals surface area contributed by atoms with Gasteiger partial charge in [-0.05, 0) is 41.5 Å². The Kier molecular flexibility index (Phi) is 4.48. The minimum atomic E-state index is -3.31. The van der Waals surface area contributed by atoms with Gasteiger partial charge in [-0.25, -0.2) is 8.42 Å². The number of sulfonamides is 1. The van der Waals surface area contributed by atoms with E-state index in [2.05, 4.69) is 34.7 Å². The molecule has 1 saturated heterocycles. The van der Waals surface area contributed by atoms with Crippen LogP contribution in [0, 0.1) is 0 Å². The maximum absolute atomic E-state index is 12.4. The lowest BCUT2D eigenvalue weighted by Gasteiger charge is -2.38. The van der Waals surface area contributed by atoms with Gasteiger partial charge in [-0.1, -0.05) is 6.92 Å². The molecule has 7 heteroatoms. The predicted molar refractivity (Wildman–Crippen MR) is 77.5 cm³/mol. The number of halogens is 1. The number of nitrogens with zero attached hydrogens (tertiary/aromatic N) is 2. The monoisotopic (exact) mass is 352 g/mol. The second kappa shape index (κ2) is 5.58. The van der Waals surface area contributed by atoms with Gasteiger partial charge in [-0.15, -0.1) is 11.3 Å². The van der Waals surface area contributed by atoms with Crippen LogP contribution in [-0.2, 0) is 10.0 Å². The first-order valence-corrected chi connectivity index (χ1v) is 8.99. The molecule has 4 nitrogen and oxygen atoms in total. The Morgan fingerprint density at radius 2 is 2.17 bits per heavy atom. The van der Waals surface area contributed by atoms with E-state index in [0.29, 0.717) is 17.3 Å². The number of thiophene rings is 1. The summed E-state index contributed by atoms with van der Waals surface area (Å²) < 4.78 is 27.7. The van der Waals surface area contributed by atoms with Crippen molar-refractivity contribution in [3.63, 3.8) is 0 Å². The van der Waals surface area contributed by atoms with Gasteiger partial charge in [-0.2, -0.15) is 4.31 Å². The zero-order valence-electron chi connectivity index (χ0n) is 10.5. The molecule has 1 atom stereocenters. The average Bonchev–Trinajstić information content (AvgIpc) is 2.76. The summed E-state index contributed by atoms with van der Waals surface area (Å²) >= 11 is 4.58. The quantitative estimate of drug-likeness (QED) is 0.837. The van der Waals surface area contributed by atoms with Crippen molar-refractivity contribution < 1.29 is 8.42 Å². The molecule has 1 aromatic heterocycles. The third kappa shape index (κ3) is 2.80. The Labute approximate surface area is 121 Å². The van der Waals surface area contributed by atoms with Crippen molar-refractivity contribution in [3.8, 4) is 0 Å². The molecular weight excluding hydrogens is 336 g/mol. The fraction of sp³-hybridized carbons (Fsp3) is 0.636. The smallest absolute Gasteiger partial charge is 0.252 e. The Morgan fingerprint density at radius 3 is 2.67 bits per heavy atom. The summed E-state index contributed by atoms with van der Waals surface area (Å²) in [7, 11) is -3.31. The lowest BCUT2D eigenvalue weighted by Crippen LogP contribution is -2.53. The fourth-order valence-electron chi connectivity index (χ4n) is 2.21. The topological polar surface area (TPSA) is 40.6 Å². The Bertz CT molecular complexity index is 515. The Balaban J connectivity index is 2.17. The largest absolute Gasteiger partial charge is 0.298 e. The van der Waals surface area contributed by atoms with E-state index >= 15 is 0 Å². The van der Waals surface area contributed by atoms with E-state index in [1.165, 1.54) is 11.3 Å². The van der Waals surface area contributed by atoms with Crippen LogP contribution in [-0.4, -0.2) is 49.8 Å². The van der Waals surface area contributed by atoms with E-state index in [1.807, 2.05) is 0 Å². The average molecular weight is 353 g/mol. The predicted octanol–water partition coefficient (Wildman–Crippen LogP) is 2.23. The van der Waals surface area contributed by atoms with E-state index in [4.69, 9.17) is 0 Å². The maximum Gasteiger partial charge on any atom is 0.252 e. The first-order valence-electron chi connectivity index (χ1n) is 5.94. The minimum absolute atomic E-state index is 0.280. The van der Waals surface area contributed by atoms with E-state index < -0.39 is 10.0 Å². The van der Waals surface area contributed by atoms with Crippen molar-refractivity contribution in [2.75, 3.05) is 26.2 Å². The number of rotatable bonds is 3. The SMILES string of the molecule is CCN1CCN(S(=O)(=O)c2ccc(Br)s2)CC1C. The number of piperazine rings is 1. The fourth-order valence-corrected chi connectivity index (χ4v) is 5.89. The molecule has 0 amide bonds. The molecule has 0 aromatic carbocycles. The first kappa shape index (κ1) is 14.5. The molecule has 1 aliphatic heterocycles. The zero-order chi connectivity index (χ0) is 13.3. The number of likely N-dealkylation sites (N-methyl/N-ethyl adjacent to an activating group) is 1. The molecule has 0 saturated carbocycles. The van der Waals surface area contributed by atoms with Crippen LogP contribution in [0.1, 0.15) is 13.8 Å². The summed E-state index contributed by atoms with van der Waals surface area (Å²) in [5, 5.41) is 0. The summed E-state index contributed by atoms with van der Waals surface area (Å²) in [5.74, 6) is 0. The minimum Gasteiger partial charge on any atom is -0.298 e. The van der Waals surface area contributed by atoms with Gasteiger partial charge in [0.2, 0.25) is 0 Å². The van der Waals surface area contributed by atoms with Crippen molar-refractivity contribution in [2.24, 2.45) is 0 Å². The highest BCUT2D eigenvalue weighted by Gasteiger charge is 2.32.